The van der Waals surface area contributed by atoms with Crippen molar-refractivity contribution in [3.63, 3.8) is 0 Å². The zero-order chi connectivity index (χ0) is 10.8. The maximum Gasteiger partial charge on any atom is 0.151 e. The Morgan fingerprint density at radius 3 is 3.12 bits per heavy atom. The summed E-state index contributed by atoms with van der Waals surface area (Å²) in [4.78, 5) is 0. The van der Waals surface area contributed by atoms with Crippen molar-refractivity contribution < 1.29 is 4.42 Å². The minimum Gasteiger partial charge on any atom is -0.472 e. The van der Waals surface area contributed by atoms with Gasteiger partial charge in [-0.2, -0.15) is 0 Å². The Kier molecular flexibility index (Phi) is 2.71. The summed E-state index contributed by atoms with van der Waals surface area (Å²) in [7, 11) is 0. The number of aromatic nitrogens is 2. The van der Waals surface area contributed by atoms with Crippen LogP contribution in [0.1, 0.15) is 17.8 Å². The van der Waals surface area contributed by atoms with E-state index in [-0.39, 0.29) is 0 Å². The fourth-order valence-electron chi connectivity index (χ4n) is 1.53. The van der Waals surface area contributed by atoms with Crippen LogP contribution in [0, 0.1) is 0 Å². The fourth-order valence-corrected chi connectivity index (χ4v) is 2.35. The summed E-state index contributed by atoms with van der Waals surface area (Å²) in [6.45, 7) is 1.00. The summed E-state index contributed by atoms with van der Waals surface area (Å²) in [5, 5.41) is 13.8. The van der Waals surface area contributed by atoms with Gasteiger partial charge >= 0.3 is 0 Å². The van der Waals surface area contributed by atoms with Crippen molar-refractivity contribution in [3.8, 4) is 10.6 Å². The van der Waals surface area contributed by atoms with E-state index < -0.39 is 0 Å². The monoisotopic (exact) mass is 235 g/mol. The molecule has 0 spiro atoms. The Morgan fingerprint density at radius 2 is 2.38 bits per heavy atom. The Hall–Kier alpha value is -1.20. The van der Waals surface area contributed by atoms with Crippen LogP contribution in [-0.4, -0.2) is 22.8 Å². The zero-order valence-electron chi connectivity index (χ0n) is 8.85. The van der Waals surface area contributed by atoms with E-state index in [0.29, 0.717) is 0 Å². The molecule has 0 radical (unpaired) electrons. The molecule has 1 N–H and O–H groups in total. The van der Waals surface area contributed by atoms with Crippen LogP contribution in [0.2, 0.25) is 0 Å². The molecule has 2 heterocycles. The van der Waals surface area contributed by atoms with Crippen molar-refractivity contribution >= 4 is 11.3 Å². The molecule has 1 saturated carbocycles. The third-order valence-corrected chi connectivity index (χ3v) is 3.62. The van der Waals surface area contributed by atoms with Gasteiger partial charge in [0.15, 0.2) is 5.01 Å². The van der Waals surface area contributed by atoms with Crippen molar-refractivity contribution in [3.05, 3.63) is 23.6 Å². The summed E-state index contributed by atoms with van der Waals surface area (Å²) in [5.74, 6) is 0. The minimum atomic E-state index is 0.765. The summed E-state index contributed by atoms with van der Waals surface area (Å²) >= 11 is 1.64. The lowest BCUT2D eigenvalue weighted by atomic mass is 10.4. The Balaban J connectivity index is 1.59. The smallest absolute Gasteiger partial charge is 0.151 e. The van der Waals surface area contributed by atoms with Crippen LogP contribution < -0.4 is 5.32 Å². The third kappa shape index (κ3) is 2.31. The molecular weight excluding hydrogens is 222 g/mol. The maximum atomic E-state index is 5.03. The summed E-state index contributed by atoms with van der Waals surface area (Å²) in [6.07, 6.45) is 6.98. The number of furan rings is 1. The lowest BCUT2D eigenvalue weighted by molar-refractivity contribution is 0.568. The quantitative estimate of drug-likeness (QED) is 0.862. The second-order valence-electron chi connectivity index (χ2n) is 3.99. The van der Waals surface area contributed by atoms with Gasteiger partial charge in [0.2, 0.25) is 0 Å². The molecule has 5 heteroatoms. The van der Waals surface area contributed by atoms with Crippen molar-refractivity contribution in [2.45, 2.75) is 25.3 Å². The van der Waals surface area contributed by atoms with E-state index in [1.54, 1.807) is 23.9 Å². The minimum absolute atomic E-state index is 0.765. The van der Waals surface area contributed by atoms with Crippen molar-refractivity contribution in [2.24, 2.45) is 0 Å². The second kappa shape index (κ2) is 4.35. The lowest BCUT2D eigenvalue weighted by Gasteiger charge is -1.97. The Bertz CT molecular complexity index is 448. The lowest BCUT2D eigenvalue weighted by Crippen LogP contribution is -2.19. The van der Waals surface area contributed by atoms with Gasteiger partial charge in [-0.1, -0.05) is 11.3 Å². The number of rotatable bonds is 5. The average molecular weight is 235 g/mol. The number of nitrogens with zero attached hydrogens (tertiary/aromatic N) is 2. The van der Waals surface area contributed by atoms with E-state index in [1.807, 2.05) is 6.07 Å². The fraction of sp³-hybridized carbons (Fsp3) is 0.455. The second-order valence-corrected chi connectivity index (χ2v) is 5.05. The Morgan fingerprint density at radius 1 is 1.44 bits per heavy atom. The van der Waals surface area contributed by atoms with E-state index in [0.717, 1.165) is 34.6 Å². The highest BCUT2D eigenvalue weighted by molar-refractivity contribution is 7.14. The molecular formula is C11H13N3OS. The first kappa shape index (κ1) is 9.99. The molecule has 0 atom stereocenters. The summed E-state index contributed by atoms with van der Waals surface area (Å²) in [6, 6.07) is 2.67. The highest BCUT2D eigenvalue weighted by Gasteiger charge is 2.19. The van der Waals surface area contributed by atoms with Crippen molar-refractivity contribution in [1.29, 1.82) is 0 Å². The highest BCUT2D eigenvalue weighted by atomic mass is 32.1. The van der Waals surface area contributed by atoms with Crippen LogP contribution in [0.5, 0.6) is 0 Å². The molecule has 0 unspecified atom stereocenters. The first-order chi connectivity index (χ1) is 7.92. The van der Waals surface area contributed by atoms with Gasteiger partial charge in [0.1, 0.15) is 11.3 Å². The topological polar surface area (TPSA) is 51.0 Å². The number of nitrogens with one attached hydrogen (secondary N) is 1. The molecule has 0 amide bonds. The van der Waals surface area contributed by atoms with Gasteiger partial charge in [-0.25, -0.2) is 0 Å². The van der Waals surface area contributed by atoms with Crippen LogP contribution in [0.3, 0.4) is 0 Å². The number of hydrogen-bond acceptors (Lipinski definition) is 5. The van der Waals surface area contributed by atoms with Gasteiger partial charge in [-0.15, -0.1) is 10.2 Å². The molecule has 16 heavy (non-hydrogen) atoms. The van der Waals surface area contributed by atoms with Gasteiger partial charge in [0.05, 0.1) is 11.8 Å². The van der Waals surface area contributed by atoms with Gasteiger partial charge in [-0.3, -0.25) is 0 Å². The molecule has 2 aromatic heterocycles. The van der Waals surface area contributed by atoms with E-state index in [2.05, 4.69) is 15.5 Å². The van der Waals surface area contributed by atoms with Gasteiger partial charge in [0.25, 0.3) is 0 Å². The predicted octanol–water partition coefficient (Wildman–Crippen LogP) is 2.09. The molecule has 0 bridgehead atoms. The van der Waals surface area contributed by atoms with Crippen LogP contribution in [0.15, 0.2) is 23.0 Å². The first-order valence-corrected chi connectivity index (χ1v) is 6.32. The SMILES string of the molecule is c1cc(-c2nnc(CCNC3CC3)s2)co1. The van der Waals surface area contributed by atoms with E-state index in [4.69, 9.17) is 4.42 Å². The van der Waals surface area contributed by atoms with E-state index in [9.17, 15) is 0 Å². The molecule has 1 aliphatic rings. The molecule has 84 valence electrons. The van der Waals surface area contributed by atoms with E-state index in [1.165, 1.54) is 12.8 Å². The Labute approximate surface area is 97.7 Å². The predicted molar refractivity (Wildman–Crippen MR) is 62.3 cm³/mol. The zero-order valence-corrected chi connectivity index (χ0v) is 9.67. The molecule has 4 nitrogen and oxygen atoms in total. The van der Waals surface area contributed by atoms with Crippen LogP contribution in [-0.2, 0) is 6.42 Å². The molecule has 0 saturated heterocycles. The van der Waals surface area contributed by atoms with Crippen LogP contribution in [0.25, 0.3) is 10.6 Å². The molecule has 1 fully saturated rings. The standard InChI is InChI=1S/C11H13N3OS/c1-2-9(1)12-5-3-10-13-14-11(16-10)8-4-6-15-7-8/h4,6-7,9,12H,1-3,5H2. The summed E-state index contributed by atoms with van der Waals surface area (Å²) in [5.41, 5.74) is 1.01. The normalized spacial score (nSPS) is 15.5. The highest BCUT2D eigenvalue weighted by Crippen LogP contribution is 2.24. The first-order valence-electron chi connectivity index (χ1n) is 5.50. The van der Waals surface area contributed by atoms with Crippen molar-refractivity contribution in [1.82, 2.24) is 15.5 Å². The largest absolute Gasteiger partial charge is 0.472 e. The maximum absolute atomic E-state index is 5.03. The van der Waals surface area contributed by atoms with Crippen LogP contribution in [0.4, 0.5) is 0 Å². The van der Waals surface area contributed by atoms with Gasteiger partial charge in [-0.05, 0) is 18.9 Å². The molecule has 1 aliphatic carbocycles. The number of hydrogen-bond donors (Lipinski definition) is 1. The third-order valence-electron chi connectivity index (χ3n) is 2.58. The van der Waals surface area contributed by atoms with E-state index >= 15 is 0 Å². The van der Waals surface area contributed by atoms with Gasteiger partial charge in [0, 0.05) is 19.0 Å². The molecule has 3 rings (SSSR count). The molecule has 0 aromatic carbocycles. The summed E-state index contributed by atoms with van der Waals surface area (Å²) < 4.78 is 5.03. The van der Waals surface area contributed by atoms with Crippen LogP contribution >= 0.6 is 11.3 Å². The van der Waals surface area contributed by atoms with Gasteiger partial charge < -0.3 is 9.73 Å². The van der Waals surface area contributed by atoms with Crippen molar-refractivity contribution in [2.75, 3.05) is 6.54 Å². The molecule has 0 aliphatic heterocycles. The average Bonchev–Trinajstić information content (AvgIpc) is 2.83. The molecule has 2 aromatic rings.